The van der Waals surface area contributed by atoms with Crippen LogP contribution in [0.5, 0.6) is 0 Å². The van der Waals surface area contributed by atoms with Crippen molar-refractivity contribution in [3.05, 3.63) is 94.5 Å². The van der Waals surface area contributed by atoms with E-state index in [9.17, 15) is 18.0 Å². The second-order valence-electron chi connectivity index (χ2n) is 8.69. The Morgan fingerprint density at radius 1 is 0.943 bits per heavy atom. The van der Waals surface area contributed by atoms with Crippen LogP contribution in [0.1, 0.15) is 47.3 Å². The smallest absolute Gasteiger partial charge is 0.251 e. The zero-order valence-corrected chi connectivity index (χ0v) is 20.9. The Kier molecular flexibility index (Phi) is 7.57. The summed E-state index contributed by atoms with van der Waals surface area (Å²) in [5.41, 5.74) is 2.83. The second-order valence-corrected chi connectivity index (χ2v) is 11.4. The lowest BCUT2D eigenvalue weighted by Gasteiger charge is -2.19. The minimum absolute atomic E-state index is 0.0310. The molecular weight excluding hydrogens is 484 g/mol. The maximum absolute atomic E-state index is 12.9. The molecule has 0 saturated heterocycles. The van der Waals surface area contributed by atoms with Crippen LogP contribution in [0.2, 0.25) is 5.02 Å². The number of carbonyl (C=O) groups excluding carboxylic acids is 2. The van der Waals surface area contributed by atoms with Crippen LogP contribution in [-0.4, -0.2) is 26.0 Å². The van der Waals surface area contributed by atoms with E-state index in [1.165, 1.54) is 12.1 Å². The molecule has 1 saturated carbocycles. The second kappa shape index (κ2) is 10.6. The molecule has 35 heavy (non-hydrogen) atoms. The number of rotatable bonds is 9. The molecule has 0 radical (unpaired) electrons. The third-order valence-electron chi connectivity index (χ3n) is 6.07. The van der Waals surface area contributed by atoms with Crippen LogP contribution >= 0.6 is 11.6 Å². The SMILES string of the molecule is CCS(=O)(=O)c1ccc(CC(=O)Nc2ccc(C(=O)NC(c3ccc(Cl)cc3)C3CC3)cc2)cc1. The Morgan fingerprint density at radius 2 is 1.57 bits per heavy atom. The topological polar surface area (TPSA) is 92.3 Å². The fraction of sp³-hybridized carbons (Fsp3) is 0.259. The molecule has 1 fully saturated rings. The molecule has 1 unspecified atom stereocenters. The fourth-order valence-corrected chi connectivity index (χ4v) is 4.88. The Bertz CT molecular complexity index is 1300. The molecule has 2 N–H and O–H groups in total. The summed E-state index contributed by atoms with van der Waals surface area (Å²) in [7, 11) is -3.27. The summed E-state index contributed by atoms with van der Waals surface area (Å²) in [6, 6.07) is 20.6. The Hall–Kier alpha value is -3.16. The maximum Gasteiger partial charge on any atom is 0.251 e. The molecule has 0 aliphatic heterocycles. The minimum atomic E-state index is -3.27. The van der Waals surface area contributed by atoms with E-state index in [4.69, 9.17) is 11.6 Å². The van der Waals surface area contributed by atoms with Gasteiger partial charge >= 0.3 is 0 Å². The largest absolute Gasteiger partial charge is 0.345 e. The lowest BCUT2D eigenvalue weighted by molar-refractivity contribution is -0.115. The monoisotopic (exact) mass is 510 g/mol. The van der Waals surface area contributed by atoms with Crippen molar-refractivity contribution in [1.82, 2.24) is 5.32 Å². The van der Waals surface area contributed by atoms with E-state index in [0.717, 1.165) is 18.4 Å². The van der Waals surface area contributed by atoms with Gasteiger partial charge in [0, 0.05) is 16.3 Å². The molecule has 3 aromatic rings. The van der Waals surface area contributed by atoms with Crippen molar-refractivity contribution in [2.75, 3.05) is 11.1 Å². The molecule has 1 aliphatic rings. The van der Waals surface area contributed by atoms with Crippen molar-refractivity contribution in [2.24, 2.45) is 5.92 Å². The Balaban J connectivity index is 1.34. The first kappa shape index (κ1) is 24.9. The van der Waals surface area contributed by atoms with E-state index in [1.54, 1.807) is 43.3 Å². The van der Waals surface area contributed by atoms with Gasteiger partial charge in [0.15, 0.2) is 9.84 Å². The molecule has 3 aromatic carbocycles. The van der Waals surface area contributed by atoms with E-state index in [-0.39, 0.29) is 34.9 Å². The zero-order chi connectivity index (χ0) is 25.0. The third kappa shape index (κ3) is 6.50. The van der Waals surface area contributed by atoms with Gasteiger partial charge in [-0.3, -0.25) is 9.59 Å². The highest BCUT2D eigenvalue weighted by Crippen LogP contribution is 2.41. The van der Waals surface area contributed by atoms with E-state index in [0.29, 0.717) is 27.8 Å². The van der Waals surface area contributed by atoms with Crippen molar-refractivity contribution < 1.29 is 18.0 Å². The van der Waals surface area contributed by atoms with Gasteiger partial charge in [-0.15, -0.1) is 0 Å². The molecule has 0 bridgehead atoms. The summed E-state index contributed by atoms with van der Waals surface area (Å²) >= 11 is 6.00. The standard InChI is InChI=1S/C27H27ClN2O4S/c1-2-35(33,34)24-15-3-18(4-16-24)17-25(31)29-23-13-9-21(10-14-23)27(32)30-26(19-5-6-19)20-7-11-22(28)12-8-20/h3-4,7-16,19,26H,2,5-6,17H2,1H3,(H,29,31)(H,30,32). The van der Waals surface area contributed by atoms with Crippen LogP contribution < -0.4 is 10.6 Å². The molecule has 0 aromatic heterocycles. The summed E-state index contributed by atoms with van der Waals surface area (Å²) in [4.78, 5) is 25.5. The zero-order valence-electron chi connectivity index (χ0n) is 19.3. The summed E-state index contributed by atoms with van der Waals surface area (Å²) in [5, 5.41) is 6.60. The van der Waals surface area contributed by atoms with Gasteiger partial charge < -0.3 is 10.6 Å². The summed E-state index contributed by atoms with van der Waals surface area (Å²) in [6.07, 6.45) is 2.27. The van der Waals surface area contributed by atoms with Gasteiger partial charge in [-0.25, -0.2) is 8.42 Å². The number of carbonyl (C=O) groups is 2. The van der Waals surface area contributed by atoms with Crippen molar-refractivity contribution in [2.45, 2.75) is 37.1 Å². The maximum atomic E-state index is 12.9. The molecule has 4 rings (SSSR count). The first-order chi connectivity index (χ1) is 16.7. The van der Waals surface area contributed by atoms with E-state index < -0.39 is 9.84 Å². The number of halogens is 1. The molecular formula is C27H27ClN2O4S. The van der Waals surface area contributed by atoms with E-state index in [1.807, 2.05) is 24.3 Å². The van der Waals surface area contributed by atoms with E-state index >= 15 is 0 Å². The Morgan fingerprint density at radius 3 is 2.14 bits per heavy atom. The minimum Gasteiger partial charge on any atom is -0.345 e. The van der Waals surface area contributed by atoms with Gasteiger partial charge in [0.2, 0.25) is 5.91 Å². The molecule has 182 valence electrons. The number of anilines is 1. The van der Waals surface area contributed by atoms with Crippen molar-refractivity contribution in [3.63, 3.8) is 0 Å². The van der Waals surface area contributed by atoms with Gasteiger partial charge in [0.05, 0.1) is 23.1 Å². The predicted octanol–water partition coefficient (Wildman–Crippen LogP) is 5.20. The van der Waals surface area contributed by atoms with Gasteiger partial charge in [0.25, 0.3) is 5.91 Å². The molecule has 1 atom stereocenters. The first-order valence-electron chi connectivity index (χ1n) is 11.5. The van der Waals surface area contributed by atoms with Gasteiger partial charge in [0.1, 0.15) is 0 Å². The average Bonchev–Trinajstić information content (AvgIpc) is 3.69. The van der Waals surface area contributed by atoms with Crippen LogP contribution in [0.25, 0.3) is 0 Å². The summed E-state index contributed by atoms with van der Waals surface area (Å²) in [6.45, 7) is 1.59. The Labute approximate surface area is 210 Å². The third-order valence-corrected chi connectivity index (χ3v) is 8.07. The lowest BCUT2D eigenvalue weighted by Crippen LogP contribution is -2.29. The van der Waals surface area contributed by atoms with Crippen molar-refractivity contribution in [1.29, 1.82) is 0 Å². The molecule has 8 heteroatoms. The van der Waals surface area contributed by atoms with Gasteiger partial charge in [-0.1, -0.05) is 42.8 Å². The van der Waals surface area contributed by atoms with E-state index in [2.05, 4.69) is 10.6 Å². The first-order valence-corrected chi connectivity index (χ1v) is 13.6. The predicted molar refractivity (Wildman–Crippen MR) is 137 cm³/mol. The number of hydrogen-bond donors (Lipinski definition) is 2. The van der Waals surface area contributed by atoms with Crippen molar-refractivity contribution >= 4 is 38.9 Å². The van der Waals surface area contributed by atoms with Crippen LogP contribution in [0.3, 0.4) is 0 Å². The quantitative estimate of drug-likeness (QED) is 0.414. The van der Waals surface area contributed by atoms with Crippen molar-refractivity contribution in [3.8, 4) is 0 Å². The van der Waals surface area contributed by atoms with Crippen LogP contribution in [-0.2, 0) is 21.1 Å². The normalized spacial score (nSPS) is 14.2. The fourth-order valence-electron chi connectivity index (χ4n) is 3.87. The van der Waals surface area contributed by atoms with Gasteiger partial charge in [-0.05, 0) is 78.4 Å². The molecule has 2 amide bonds. The number of nitrogens with one attached hydrogen (secondary N) is 2. The number of hydrogen-bond acceptors (Lipinski definition) is 4. The molecule has 0 heterocycles. The number of benzene rings is 3. The molecule has 6 nitrogen and oxygen atoms in total. The summed E-state index contributed by atoms with van der Waals surface area (Å²) in [5.74, 6) is 0.0555. The van der Waals surface area contributed by atoms with Crippen LogP contribution in [0.4, 0.5) is 5.69 Å². The molecule has 1 aliphatic carbocycles. The molecule has 0 spiro atoms. The highest BCUT2D eigenvalue weighted by molar-refractivity contribution is 7.91. The number of amides is 2. The lowest BCUT2D eigenvalue weighted by atomic mass is 10.0. The van der Waals surface area contributed by atoms with Crippen LogP contribution in [0, 0.1) is 5.92 Å². The van der Waals surface area contributed by atoms with Crippen LogP contribution in [0.15, 0.2) is 77.7 Å². The highest BCUT2D eigenvalue weighted by Gasteiger charge is 2.33. The number of sulfone groups is 1. The highest BCUT2D eigenvalue weighted by atomic mass is 35.5. The average molecular weight is 511 g/mol. The van der Waals surface area contributed by atoms with Gasteiger partial charge in [-0.2, -0.15) is 0 Å². The summed E-state index contributed by atoms with van der Waals surface area (Å²) < 4.78 is 23.8.